The second-order valence-electron chi connectivity index (χ2n) is 4.99. The van der Waals surface area contributed by atoms with Crippen LogP contribution < -0.4 is 0 Å². The molecule has 3 rings (SSSR count). The summed E-state index contributed by atoms with van der Waals surface area (Å²) in [7, 11) is 1.86. The predicted molar refractivity (Wildman–Crippen MR) is 68.0 cm³/mol. The molecule has 1 aromatic heterocycles. The second-order valence-corrected chi connectivity index (χ2v) is 4.99. The van der Waals surface area contributed by atoms with Crippen molar-refractivity contribution >= 4 is 0 Å². The van der Waals surface area contributed by atoms with Gasteiger partial charge in [-0.15, -0.1) is 0 Å². The first-order valence-corrected chi connectivity index (χ1v) is 6.31. The molecular formula is C14H17N3O. The number of aromatic nitrogens is 3. The van der Waals surface area contributed by atoms with Crippen molar-refractivity contribution in [2.45, 2.75) is 24.9 Å². The summed E-state index contributed by atoms with van der Waals surface area (Å²) < 4.78 is 1.73. The Morgan fingerprint density at radius 1 is 1.39 bits per heavy atom. The fourth-order valence-electron chi connectivity index (χ4n) is 2.57. The first-order valence-electron chi connectivity index (χ1n) is 6.31. The van der Waals surface area contributed by atoms with Crippen LogP contribution in [0.1, 0.15) is 23.7 Å². The molecule has 1 N–H and O–H groups in total. The minimum Gasteiger partial charge on any atom is -0.392 e. The maximum atomic E-state index is 10.2. The van der Waals surface area contributed by atoms with Crippen LogP contribution in [0.25, 0.3) is 0 Å². The molecule has 1 fully saturated rings. The van der Waals surface area contributed by atoms with Gasteiger partial charge in [-0.2, -0.15) is 5.10 Å². The number of aliphatic hydroxyl groups is 1. The van der Waals surface area contributed by atoms with E-state index in [0.29, 0.717) is 18.3 Å². The van der Waals surface area contributed by atoms with Gasteiger partial charge in [-0.25, -0.2) is 4.98 Å². The van der Waals surface area contributed by atoms with Gasteiger partial charge in [-0.05, 0) is 23.8 Å². The van der Waals surface area contributed by atoms with E-state index < -0.39 is 0 Å². The third-order valence-electron chi connectivity index (χ3n) is 3.76. The Labute approximate surface area is 106 Å². The van der Waals surface area contributed by atoms with E-state index in [1.807, 2.05) is 13.1 Å². The molecule has 4 heteroatoms. The zero-order valence-corrected chi connectivity index (χ0v) is 10.4. The van der Waals surface area contributed by atoms with Crippen LogP contribution >= 0.6 is 0 Å². The molecule has 0 saturated heterocycles. The van der Waals surface area contributed by atoms with Crippen LogP contribution in [0.3, 0.4) is 0 Å². The van der Waals surface area contributed by atoms with Gasteiger partial charge in [-0.1, -0.05) is 30.3 Å². The standard InChI is InChI=1S/C14H17N3O/c1-17-14(15-9-16-17)8-13(18)12-7-11(12)10-5-3-2-4-6-10/h2-6,9,11-13,18H,7-8H2,1H3. The van der Waals surface area contributed by atoms with Crippen molar-refractivity contribution in [2.24, 2.45) is 13.0 Å². The van der Waals surface area contributed by atoms with Gasteiger partial charge in [0.2, 0.25) is 0 Å². The molecule has 1 aliphatic carbocycles. The molecule has 3 unspecified atom stereocenters. The quantitative estimate of drug-likeness (QED) is 0.885. The largest absolute Gasteiger partial charge is 0.392 e. The van der Waals surface area contributed by atoms with Crippen molar-refractivity contribution in [3.63, 3.8) is 0 Å². The Hall–Kier alpha value is -1.68. The highest BCUT2D eigenvalue weighted by molar-refractivity contribution is 5.26. The fourth-order valence-corrected chi connectivity index (χ4v) is 2.57. The molecule has 0 aliphatic heterocycles. The van der Waals surface area contributed by atoms with E-state index in [1.54, 1.807) is 4.68 Å². The molecule has 0 radical (unpaired) electrons. The normalized spacial score (nSPS) is 23.9. The van der Waals surface area contributed by atoms with Crippen LogP contribution in [0.5, 0.6) is 0 Å². The van der Waals surface area contributed by atoms with Crippen LogP contribution in [0, 0.1) is 5.92 Å². The molecule has 94 valence electrons. The lowest BCUT2D eigenvalue weighted by molar-refractivity contribution is 0.145. The Kier molecular flexibility index (Phi) is 2.88. The molecule has 2 aromatic rings. The molecule has 18 heavy (non-hydrogen) atoms. The van der Waals surface area contributed by atoms with E-state index in [9.17, 15) is 5.11 Å². The van der Waals surface area contributed by atoms with Crippen LogP contribution in [0.4, 0.5) is 0 Å². The van der Waals surface area contributed by atoms with Gasteiger partial charge in [0.25, 0.3) is 0 Å². The van der Waals surface area contributed by atoms with Gasteiger partial charge in [0.1, 0.15) is 12.2 Å². The van der Waals surface area contributed by atoms with Gasteiger partial charge in [0.15, 0.2) is 0 Å². The van der Waals surface area contributed by atoms with Crippen LogP contribution in [0.2, 0.25) is 0 Å². The molecule has 1 saturated carbocycles. The Morgan fingerprint density at radius 3 is 2.83 bits per heavy atom. The van der Waals surface area contributed by atoms with Crippen LogP contribution in [-0.2, 0) is 13.5 Å². The van der Waals surface area contributed by atoms with E-state index in [0.717, 1.165) is 12.2 Å². The third kappa shape index (κ3) is 2.16. The molecule has 4 nitrogen and oxygen atoms in total. The summed E-state index contributed by atoms with van der Waals surface area (Å²) in [6.07, 6.45) is 2.87. The molecule has 1 heterocycles. The van der Waals surface area contributed by atoms with Gasteiger partial charge < -0.3 is 5.11 Å². The highest BCUT2D eigenvalue weighted by Gasteiger charge is 2.43. The fraction of sp³-hybridized carbons (Fsp3) is 0.429. The lowest BCUT2D eigenvalue weighted by Crippen LogP contribution is -2.17. The number of rotatable bonds is 4. The van der Waals surface area contributed by atoms with E-state index in [2.05, 4.69) is 34.3 Å². The minimum atomic E-state index is -0.321. The zero-order valence-electron chi connectivity index (χ0n) is 10.4. The van der Waals surface area contributed by atoms with E-state index in [1.165, 1.54) is 11.9 Å². The van der Waals surface area contributed by atoms with E-state index in [4.69, 9.17) is 0 Å². The van der Waals surface area contributed by atoms with Crippen molar-refractivity contribution < 1.29 is 5.11 Å². The van der Waals surface area contributed by atoms with Gasteiger partial charge in [0, 0.05) is 13.5 Å². The highest BCUT2D eigenvalue weighted by Crippen LogP contribution is 2.49. The number of aryl methyl sites for hydroxylation is 1. The van der Waals surface area contributed by atoms with E-state index in [-0.39, 0.29) is 6.10 Å². The van der Waals surface area contributed by atoms with E-state index >= 15 is 0 Å². The SMILES string of the molecule is Cn1ncnc1CC(O)C1CC1c1ccccc1. The molecule has 1 aromatic carbocycles. The number of benzene rings is 1. The first-order chi connectivity index (χ1) is 8.75. The number of aliphatic hydroxyl groups excluding tert-OH is 1. The lowest BCUT2D eigenvalue weighted by atomic mass is 10.1. The summed E-state index contributed by atoms with van der Waals surface area (Å²) in [6.45, 7) is 0. The topological polar surface area (TPSA) is 50.9 Å². The lowest BCUT2D eigenvalue weighted by Gasteiger charge is -2.09. The van der Waals surface area contributed by atoms with Crippen molar-refractivity contribution in [1.82, 2.24) is 14.8 Å². The van der Waals surface area contributed by atoms with Crippen molar-refractivity contribution in [1.29, 1.82) is 0 Å². The van der Waals surface area contributed by atoms with Crippen LogP contribution in [-0.4, -0.2) is 26.0 Å². The van der Waals surface area contributed by atoms with Crippen LogP contribution in [0.15, 0.2) is 36.7 Å². The third-order valence-corrected chi connectivity index (χ3v) is 3.76. The number of nitrogens with zero attached hydrogens (tertiary/aromatic N) is 3. The second kappa shape index (κ2) is 4.53. The average molecular weight is 243 g/mol. The Balaban J connectivity index is 1.63. The van der Waals surface area contributed by atoms with Gasteiger partial charge in [-0.3, -0.25) is 4.68 Å². The number of hydrogen-bond donors (Lipinski definition) is 1. The van der Waals surface area contributed by atoms with Crippen molar-refractivity contribution in [3.05, 3.63) is 48.0 Å². The monoisotopic (exact) mass is 243 g/mol. The average Bonchev–Trinajstić information content (AvgIpc) is 3.10. The Bertz CT molecular complexity index is 523. The maximum absolute atomic E-state index is 10.2. The number of hydrogen-bond acceptors (Lipinski definition) is 3. The summed E-state index contributed by atoms with van der Waals surface area (Å²) in [6, 6.07) is 10.4. The molecule has 0 amide bonds. The summed E-state index contributed by atoms with van der Waals surface area (Å²) >= 11 is 0. The zero-order chi connectivity index (χ0) is 12.5. The molecule has 3 atom stereocenters. The molecule has 0 bridgehead atoms. The molecule has 1 aliphatic rings. The maximum Gasteiger partial charge on any atom is 0.138 e. The summed E-state index contributed by atoms with van der Waals surface area (Å²) in [5, 5.41) is 14.3. The van der Waals surface area contributed by atoms with Crippen molar-refractivity contribution in [2.75, 3.05) is 0 Å². The Morgan fingerprint density at radius 2 is 2.17 bits per heavy atom. The molecular weight excluding hydrogens is 226 g/mol. The molecule has 0 spiro atoms. The van der Waals surface area contributed by atoms with Gasteiger partial charge in [0.05, 0.1) is 6.10 Å². The first kappa shape index (κ1) is 11.4. The summed E-state index contributed by atoms with van der Waals surface area (Å²) in [4.78, 5) is 4.16. The van der Waals surface area contributed by atoms with Crippen molar-refractivity contribution in [3.8, 4) is 0 Å². The smallest absolute Gasteiger partial charge is 0.138 e. The summed E-state index contributed by atoms with van der Waals surface area (Å²) in [5.41, 5.74) is 1.33. The highest BCUT2D eigenvalue weighted by atomic mass is 16.3. The van der Waals surface area contributed by atoms with Gasteiger partial charge >= 0.3 is 0 Å². The predicted octanol–water partition coefficient (Wildman–Crippen LogP) is 1.52. The summed E-state index contributed by atoms with van der Waals surface area (Å²) in [5.74, 6) is 1.72. The minimum absolute atomic E-state index is 0.321.